The van der Waals surface area contributed by atoms with Gasteiger partial charge in [-0.25, -0.2) is 0 Å². The molecular formula is C16H29N3O2. The van der Waals surface area contributed by atoms with Crippen molar-refractivity contribution in [3.8, 4) is 0 Å². The summed E-state index contributed by atoms with van der Waals surface area (Å²) in [5.41, 5.74) is 0. The van der Waals surface area contributed by atoms with E-state index in [-0.39, 0.29) is 6.04 Å². The van der Waals surface area contributed by atoms with Crippen molar-refractivity contribution >= 4 is 5.97 Å². The van der Waals surface area contributed by atoms with Crippen molar-refractivity contribution in [1.29, 1.82) is 0 Å². The fraction of sp³-hybridized carbons (Fsp3) is 0.938. The molecule has 0 bridgehead atoms. The summed E-state index contributed by atoms with van der Waals surface area (Å²) in [5.74, 6) is -0.688. The van der Waals surface area contributed by atoms with E-state index in [9.17, 15) is 9.90 Å². The first-order valence-electron chi connectivity index (χ1n) is 8.67. The fourth-order valence-corrected chi connectivity index (χ4v) is 3.75. The van der Waals surface area contributed by atoms with Crippen LogP contribution in [0.5, 0.6) is 0 Å². The zero-order chi connectivity index (χ0) is 14.7. The Labute approximate surface area is 127 Å². The summed E-state index contributed by atoms with van der Waals surface area (Å²) in [4.78, 5) is 16.4. The van der Waals surface area contributed by atoms with Gasteiger partial charge in [0.25, 0.3) is 0 Å². The maximum absolute atomic E-state index is 11.3. The Morgan fingerprint density at radius 2 is 1.76 bits per heavy atom. The molecule has 0 aromatic rings. The van der Waals surface area contributed by atoms with Crippen LogP contribution in [0.25, 0.3) is 0 Å². The van der Waals surface area contributed by atoms with Crippen molar-refractivity contribution in [1.82, 2.24) is 15.1 Å². The topological polar surface area (TPSA) is 55.8 Å². The highest BCUT2D eigenvalue weighted by Crippen LogP contribution is 2.24. The second kappa shape index (κ2) is 7.07. The number of piperazine rings is 1. The zero-order valence-electron chi connectivity index (χ0n) is 13.0. The van der Waals surface area contributed by atoms with Gasteiger partial charge in [0.05, 0.1) is 0 Å². The Balaban J connectivity index is 1.36. The van der Waals surface area contributed by atoms with E-state index in [0.717, 1.165) is 44.9 Å². The van der Waals surface area contributed by atoms with E-state index < -0.39 is 5.97 Å². The van der Waals surface area contributed by atoms with E-state index in [1.807, 2.05) is 0 Å². The molecule has 2 aliphatic carbocycles. The molecule has 120 valence electrons. The van der Waals surface area contributed by atoms with Crippen LogP contribution in [0.2, 0.25) is 0 Å². The van der Waals surface area contributed by atoms with Crippen molar-refractivity contribution < 1.29 is 9.90 Å². The van der Waals surface area contributed by atoms with Crippen LogP contribution in [-0.2, 0) is 4.79 Å². The summed E-state index contributed by atoms with van der Waals surface area (Å²) in [7, 11) is 0. The number of carboxylic acids is 1. The van der Waals surface area contributed by atoms with Gasteiger partial charge in [-0.2, -0.15) is 0 Å². The molecule has 0 radical (unpaired) electrons. The Morgan fingerprint density at radius 3 is 2.33 bits per heavy atom. The van der Waals surface area contributed by atoms with Gasteiger partial charge in [0.2, 0.25) is 0 Å². The quantitative estimate of drug-likeness (QED) is 0.738. The van der Waals surface area contributed by atoms with Crippen LogP contribution >= 0.6 is 0 Å². The third kappa shape index (κ3) is 4.41. The molecule has 1 heterocycles. The number of nitrogens with one attached hydrogen (secondary N) is 1. The lowest BCUT2D eigenvalue weighted by Gasteiger charge is -2.38. The molecule has 0 amide bonds. The van der Waals surface area contributed by atoms with Gasteiger partial charge < -0.3 is 15.3 Å². The lowest BCUT2D eigenvalue weighted by Crippen LogP contribution is -2.50. The molecule has 21 heavy (non-hydrogen) atoms. The first-order chi connectivity index (χ1) is 10.2. The molecule has 2 N–H and O–H groups in total. The van der Waals surface area contributed by atoms with Crippen LogP contribution in [-0.4, -0.2) is 71.7 Å². The van der Waals surface area contributed by atoms with Gasteiger partial charge in [-0.1, -0.05) is 12.8 Å². The Morgan fingerprint density at radius 1 is 1.10 bits per heavy atom. The van der Waals surface area contributed by atoms with Crippen LogP contribution in [0, 0.1) is 0 Å². The average molecular weight is 295 g/mol. The number of hydrogen-bond donors (Lipinski definition) is 2. The minimum absolute atomic E-state index is 0.356. The van der Waals surface area contributed by atoms with E-state index >= 15 is 0 Å². The van der Waals surface area contributed by atoms with Crippen molar-refractivity contribution in [3.05, 3.63) is 0 Å². The van der Waals surface area contributed by atoms with Gasteiger partial charge in [-0.3, -0.25) is 9.69 Å². The predicted octanol–water partition coefficient (Wildman–Crippen LogP) is 1.14. The Hall–Kier alpha value is -0.650. The molecular weight excluding hydrogens is 266 g/mol. The molecule has 1 aliphatic heterocycles. The zero-order valence-corrected chi connectivity index (χ0v) is 13.0. The second-order valence-electron chi connectivity index (χ2n) is 6.94. The molecule has 1 saturated heterocycles. The van der Waals surface area contributed by atoms with Gasteiger partial charge in [0.1, 0.15) is 6.04 Å². The van der Waals surface area contributed by atoms with Crippen LogP contribution in [0.3, 0.4) is 0 Å². The second-order valence-corrected chi connectivity index (χ2v) is 6.94. The molecule has 0 aromatic heterocycles. The number of aliphatic carboxylic acids is 1. The maximum atomic E-state index is 11.3. The standard InChI is InChI=1S/C16H29N3O2/c20-16(21)15(17-13-5-6-13)7-8-18-9-11-19(12-10-18)14-3-1-2-4-14/h13-15,17H,1-12H2,(H,20,21). The first kappa shape index (κ1) is 15.3. The molecule has 1 unspecified atom stereocenters. The van der Waals surface area contributed by atoms with Gasteiger partial charge in [0, 0.05) is 44.8 Å². The van der Waals surface area contributed by atoms with Crippen molar-refractivity contribution in [2.24, 2.45) is 0 Å². The predicted molar refractivity (Wildman–Crippen MR) is 82.5 cm³/mol. The highest BCUT2D eigenvalue weighted by Gasteiger charge is 2.29. The van der Waals surface area contributed by atoms with Crippen molar-refractivity contribution in [3.63, 3.8) is 0 Å². The minimum atomic E-state index is -0.688. The third-order valence-electron chi connectivity index (χ3n) is 5.29. The summed E-state index contributed by atoms with van der Waals surface area (Å²) in [6.07, 6.45) is 8.58. The van der Waals surface area contributed by atoms with E-state index in [1.165, 1.54) is 38.8 Å². The molecule has 3 fully saturated rings. The molecule has 0 spiro atoms. The highest BCUT2D eigenvalue weighted by atomic mass is 16.4. The summed E-state index contributed by atoms with van der Waals surface area (Å²) < 4.78 is 0. The van der Waals surface area contributed by atoms with Gasteiger partial charge in [-0.05, 0) is 32.1 Å². The van der Waals surface area contributed by atoms with Crippen molar-refractivity contribution in [2.45, 2.75) is 63.1 Å². The van der Waals surface area contributed by atoms with E-state index in [4.69, 9.17) is 0 Å². The molecule has 0 aromatic carbocycles. The lowest BCUT2D eigenvalue weighted by molar-refractivity contribution is -0.139. The van der Waals surface area contributed by atoms with E-state index in [2.05, 4.69) is 15.1 Å². The lowest BCUT2D eigenvalue weighted by atomic mass is 10.1. The number of nitrogens with zero attached hydrogens (tertiary/aromatic N) is 2. The van der Waals surface area contributed by atoms with Crippen molar-refractivity contribution in [2.75, 3.05) is 32.7 Å². The summed E-state index contributed by atoms with van der Waals surface area (Å²) in [6.45, 7) is 5.45. The number of hydrogen-bond acceptors (Lipinski definition) is 4. The molecule has 3 aliphatic rings. The van der Waals surface area contributed by atoms with Gasteiger partial charge in [0.15, 0.2) is 0 Å². The molecule has 5 heteroatoms. The highest BCUT2D eigenvalue weighted by molar-refractivity contribution is 5.73. The molecule has 1 atom stereocenters. The normalized spacial score (nSPS) is 27.0. The molecule has 5 nitrogen and oxygen atoms in total. The number of rotatable bonds is 7. The average Bonchev–Trinajstić information content (AvgIpc) is 3.14. The largest absolute Gasteiger partial charge is 0.480 e. The maximum Gasteiger partial charge on any atom is 0.320 e. The molecule has 2 saturated carbocycles. The van der Waals surface area contributed by atoms with Gasteiger partial charge >= 0.3 is 5.97 Å². The first-order valence-corrected chi connectivity index (χ1v) is 8.67. The summed E-state index contributed by atoms with van der Waals surface area (Å²) >= 11 is 0. The summed E-state index contributed by atoms with van der Waals surface area (Å²) in [5, 5.41) is 12.5. The van der Waals surface area contributed by atoms with Crippen LogP contribution in [0.1, 0.15) is 44.9 Å². The number of carboxylic acid groups (broad SMARTS) is 1. The fourth-order valence-electron chi connectivity index (χ4n) is 3.75. The van der Waals surface area contributed by atoms with Gasteiger partial charge in [-0.15, -0.1) is 0 Å². The third-order valence-corrected chi connectivity index (χ3v) is 5.29. The Bertz CT molecular complexity index is 345. The van der Waals surface area contributed by atoms with E-state index in [0.29, 0.717) is 6.04 Å². The van der Waals surface area contributed by atoms with E-state index in [1.54, 1.807) is 0 Å². The minimum Gasteiger partial charge on any atom is -0.480 e. The monoisotopic (exact) mass is 295 g/mol. The van der Waals surface area contributed by atoms with Crippen LogP contribution < -0.4 is 5.32 Å². The summed E-state index contributed by atoms with van der Waals surface area (Å²) in [6, 6.07) is 0.936. The molecule has 3 rings (SSSR count). The van der Waals surface area contributed by atoms with Crippen LogP contribution in [0.15, 0.2) is 0 Å². The SMILES string of the molecule is O=C(O)C(CCN1CCN(C2CCCC2)CC1)NC1CC1. The van der Waals surface area contributed by atoms with Crippen LogP contribution in [0.4, 0.5) is 0 Å². The Kier molecular flexibility index (Phi) is 5.14. The smallest absolute Gasteiger partial charge is 0.320 e. The number of carbonyl (C=O) groups is 1.